The lowest BCUT2D eigenvalue weighted by Gasteiger charge is -2.16. The molecule has 7 heteroatoms. The second kappa shape index (κ2) is 5.60. The number of carbonyl (C=O) groups is 1. The molecular formula is C9H18N2O4S. The molecule has 0 saturated heterocycles. The van der Waals surface area contributed by atoms with Gasteiger partial charge in [0.2, 0.25) is 0 Å². The van der Waals surface area contributed by atoms with Gasteiger partial charge in [-0.25, -0.2) is 9.44 Å². The average molecular weight is 250 g/mol. The van der Waals surface area contributed by atoms with E-state index in [1.54, 1.807) is 6.92 Å². The summed E-state index contributed by atoms with van der Waals surface area (Å²) in [6.07, 6.45) is 2.26. The van der Waals surface area contributed by atoms with Crippen LogP contribution in [0, 0.1) is 11.8 Å². The van der Waals surface area contributed by atoms with Crippen molar-refractivity contribution in [1.82, 2.24) is 9.44 Å². The summed E-state index contributed by atoms with van der Waals surface area (Å²) in [6, 6.07) is 0. The minimum atomic E-state index is -3.46. The molecule has 0 aromatic heterocycles. The van der Waals surface area contributed by atoms with Gasteiger partial charge in [0.1, 0.15) is 0 Å². The van der Waals surface area contributed by atoms with Crippen molar-refractivity contribution in [3.05, 3.63) is 0 Å². The Kier molecular flexibility index (Phi) is 4.69. The van der Waals surface area contributed by atoms with E-state index >= 15 is 0 Å². The average Bonchev–Trinajstić information content (AvgIpc) is 2.62. The molecule has 0 amide bonds. The van der Waals surface area contributed by atoms with E-state index in [2.05, 4.69) is 9.44 Å². The molecule has 0 aromatic carbocycles. The Bertz CT molecular complexity index is 341. The zero-order valence-corrected chi connectivity index (χ0v) is 10.1. The molecule has 1 aliphatic carbocycles. The van der Waals surface area contributed by atoms with Gasteiger partial charge in [-0.2, -0.15) is 8.42 Å². The molecule has 2 unspecified atom stereocenters. The van der Waals surface area contributed by atoms with E-state index in [1.807, 2.05) is 0 Å². The summed E-state index contributed by atoms with van der Waals surface area (Å²) in [5, 5.41) is 8.92. The van der Waals surface area contributed by atoms with Crippen LogP contribution < -0.4 is 9.44 Å². The van der Waals surface area contributed by atoms with E-state index in [9.17, 15) is 13.2 Å². The predicted octanol–water partition coefficient (Wildman–Crippen LogP) is -0.0688. The molecule has 0 heterocycles. The zero-order chi connectivity index (χ0) is 12.2. The molecule has 94 valence electrons. The number of nitrogens with one attached hydrogen (secondary N) is 2. The van der Waals surface area contributed by atoms with Crippen molar-refractivity contribution in [2.24, 2.45) is 11.8 Å². The molecule has 1 saturated carbocycles. The number of aliphatic carboxylic acids is 1. The van der Waals surface area contributed by atoms with Gasteiger partial charge in [0.05, 0.1) is 5.92 Å². The fourth-order valence-electron chi connectivity index (χ4n) is 2.06. The molecule has 0 aromatic rings. The van der Waals surface area contributed by atoms with Crippen LogP contribution in [-0.4, -0.2) is 32.6 Å². The SMILES string of the molecule is CCNS(=O)(=O)NCC1CCCC1C(=O)O. The van der Waals surface area contributed by atoms with Gasteiger partial charge in [0, 0.05) is 13.1 Å². The molecule has 6 nitrogen and oxygen atoms in total. The van der Waals surface area contributed by atoms with Crippen LogP contribution in [0.1, 0.15) is 26.2 Å². The zero-order valence-electron chi connectivity index (χ0n) is 9.27. The standard InChI is InChI=1S/C9H18N2O4S/c1-2-10-16(14,15)11-6-7-4-3-5-8(7)9(12)13/h7-8,10-11H,2-6H2,1H3,(H,12,13). The number of carboxylic acids is 1. The van der Waals surface area contributed by atoms with Crippen molar-refractivity contribution < 1.29 is 18.3 Å². The first kappa shape index (κ1) is 13.4. The number of carboxylic acid groups (broad SMARTS) is 1. The highest BCUT2D eigenvalue weighted by Gasteiger charge is 2.33. The van der Waals surface area contributed by atoms with Gasteiger partial charge < -0.3 is 5.11 Å². The van der Waals surface area contributed by atoms with Gasteiger partial charge in [-0.1, -0.05) is 13.3 Å². The highest BCUT2D eigenvalue weighted by molar-refractivity contribution is 7.87. The third kappa shape index (κ3) is 3.73. The van der Waals surface area contributed by atoms with E-state index in [1.165, 1.54) is 0 Å². The molecule has 1 fully saturated rings. The lowest BCUT2D eigenvalue weighted by Crippen LogP contribution is -2.40. The Hall–Kier alpha value is -0.660. The van der Waals surface area contributed by atoms with Crippen molar-refractivity contribution in [2.75, 3.05) is 13.1 Å². The molecule has 0 bridgehead atoms. The fourth-order valence-corrected chi connectivity index (χ4v) is 2.98. The molecule has 1 aliphatic rings. The van der Waals surface area contributed by atoms with Crippen LogP contribution in [0.3, 0.4) is 0 Å². The van der Waals surface area contributed by atoms with Crippen molar-refractivity contribution in [1.29, 1.82) is 0 Å². The topological polar surface area (TPSA) is 95.5 Å². The lowest BCUT2D eigenvalue weighted by atomic mass is 9.97. The summed E-state index contributed by atoms with van der Waals surface area (Å²) in [6.45, 7) is 2.21. The first-order valence-corrected chi connectivity index (χ1v) is 6.91. The van der Waals surface area contributed by atoms with Crippen LogP contribution in [0.2, 0.25) is 0 Å². The summed E-state index contributed by atoms with van der Waals surface area (Å²) in [4.78, 5) is 10.9. The predicted molar refractivity (Wildman–Crippen MR) is 59.1 cm³/mol. The molecule has 1 rings (SSSR count). The largest absolute Gasteiger partial charge is 0.481 e. The summed E-state index contributed by atoms with van der Waals surface area (Å²) in [5.41, 5.74) is 0. The van der Waals surface area contributed by atoms with E-state index in [-0.39, 0.29) is 12.5 Å². The maximum Gasteiger partial charge on any atom is 0.306 e. The molecule has 0 radical (unpaired) electrons. The van der Waals surface area contributed by atoms with Crippen molar-refractivity contribution in [2.45, 2.75) is 26.2 Å². The summed E-state index contributed by atoms with van der Waals surface area (Å²) >= 11 is 0. The maximum atomic E-state index is 11.3. The Balaban J connectivity index is 2.46. The molecule has 0 aliphatic heterocycles. The maximum absolute atomic E-state index is 11.3. The molecule has 3 N–H and O–H groups in total. The summed E-state index contributed by atoms with van der Waals surface area (Å²) < 4.78 is 27.3. The third-order valence-electron chi connectivity index (χ3n) is 2.85. The molecule has 2 atom stereocenters. The number of rotatable bonds is 6. The molecular weight excluding hydrogens is 232 g/mol. The van der Waals surface area contributed by atoms with Crippen LogP contribution in [0.15, 0.2) is 0 Å². The van der Waals surface area contributed by atoms with Gasteiger partial charge in [-0.05, 0) is 18.8 Å². The monoisotopic (exact) mass is 250 g/mol. The third-order valence-corrected chi connectivity index (χ3v) is 4.06. The quantitative estimate of drug-likeness (QED) is 0.615. The Morgan fingerprint density at radius 1 is 1.38 bits per heavy atom. The first-order chi connectivity index (χ1) is 7.46. The number of hydrogen-bond donors (Lipinski definition) is 3. The molecule has 16 heavy (non-hydrogen) atoms. The van der Waals surface area contributed by atoms with Crippen LogP contribution >= 0.6 is 0 Å². The Morgan fingerprint density at radius 3 is 2.62 bits per heavy atom. The summed E-state index contributed by atoms with van der Waals surface area (Å²) in [7, 11) is -3.46. The van der Waals surface area contributed by atoms with Crippen molar-refractivity contribution in [3.8, 4) is 0 Å². The van der Waals surface area contributed by atoms with Gasteiger partial charge >= 0.3 is 5.97 Å². The minimum Gasteiger partial charge on any atom is -0.481 e. The summed E-state index contributed by atoms with van der Waals surface area (Å²) in [5.74, 6) is -1.33. The van der Waals surface area contributed by atoms with Crippen LogP contribution in [0.25, 0.3) is 0 Å². The van der Waals surface area contributed by atoms with Gasteiger partial charge in [-0.15, -0.1) is 0 Å². The van der Waals surface area contributed by atoms with Gasteiger partial charge in [-0.3, -0.25) is 4.79 Å². The van der Waals surface area contributed by atoms with E-state index in [4.69, 9.17) is 5.11 Å². The highest BCUT2D eigenvalue weighted by Crippen LogP contribution is 2.31. The first-order valence-electron chi connectivity index (χ1n) is 5.43. The Labute approximate surface area is 95.6 Å². The Morgan fingerprint density at radius 2 is 2.06 bits per heavy atom. The van der Waals surface area contributed by atoms with Gasteiger partial charge in [0.15, 0.2) is 0 Å². The van der Waals surface area contributed by atoms with Crippen LogP contribution in [-0.2, 0) is 15.0 Å². The smallest absolute Gasteiger partial charge is 0.306 e. The fraction of sp³-hybridized carbons (Fsp3) is 0.889. The second-order valence-electron chi connectivity index (χ2n) is 3.99. The second-order valence-corrected chi connectivity index (χ2v) is 5.57. The van der Waals surface area contributed by atoms with E-state index < -0.39 is 22.1 Å². The van der Waals surface area contributed by atoms with Crippen LogP contribution in [0.4, 0.5) is 0 Å². The van der Waals surface area contributed by atoms with Crippen molar-refractivity contribution >= 4 is 16.2 Å². The van der Waals surface area contributed by atoms with Gasteiger partial charge in [0.25, 0.3) is 10.2 Å². The van der Waals surface area contributed by atoms with Crippen molar-refractivity contribution in [3.63, 3.8) is 0 Å². The number of hydrogen-bond acceptors (Lipinski definition) is 3. The van der Waals surface area contributed by atoms with Crippen LogP contribution in [0.5, 0.6) is 0 Å². The van der Waals surface area contributed by atoms with E-state index in [0.717, 1.165) is 12.8 Å². The lowest BCUT2D eigenvalue weighted by molar-refractivity contribution is -0.142. The van der Waals surface area contributed by atoms with E-state index in [0.29, 0.717) is 13.0 Å². The highest BCUT2D eigenvalue weighted by atomic mass is 32.2. The minimum absolute atomic E-state index is 0.0917. The normalized spacial score (nSPS) is 25.8. The molecule has 0 spiro atoms.